The molecule has 0 aromatic heterocycles. The third-order valence-electron chi connectivity index (χ3n) is 17.2. The van der Waals surface area contributed by atoms with Crippen LogP contribution in [0.4, 0.5) is 0 Å². The van der Waals surface area contributed by atoms with Crippen LogP contribution in [0.2, 0.25) is 0 Å². The van der Waals surface area contributed by atoms with E-state index in [0.717, 1.165) is 14.7 Å². The Hall–Kier alpha value is -6.21. The van der Waals surface area contributed by atoms with Crippen molar-refractivity contribution in [2.45, 2.75) is 235 Å². The molecule has 1 aliphatic rings. The number of carbonyl (C=O) groups excluding carboxylic acids is 11. The van der Waals surface area contributed by atoms with Crippen LogP contribution in [0, 0.1) is 41.4 Å². The summed E-state index contributed by atoms with van der Waals surface area (Å²) in [5.41, 5.74) is 0. The van der Waals surface area contributed by atoms with Gasteiger partial charge in [-0.05, 0) is 107 Å². The van der Waals surface area contributed by atoms with Gasteiger partial charge in [-0.1, -0.05) is 109 Å². The number of rotatable bonds is 20. The number of hydrogen-bond donors (Lipinski definition) is 6. The average Bonchev–Trinajstić information content (AvgIpc) is 0.840. The average molecular weight is 1290 g/mol. The van der Waals surface area contributed by atoms with Crippen LogP contribution in [0.15, 0.2) is 12.2 Å². The first kappa shape index (κ1) is 82.8. The minimum atomic E-state index is -1.67. The van der Waals surface area contributed by atoms with Gasteiger partial charge in [-0.15, -0.1) is 0 Å². The third-order valence-corrected chi connectivity index (χ3v) is 17.2. The lowest BCUT2D eigenvalue weighted by Gasteiger charge is -2.41. The van der Waals surface area contributed by atoms with Crippen molar-refractivity contribution in [3.8, 4) is 0 Å². The number of aliphatic hydroxyl groups excluding tert-OH is 2. The normalized spacial score (nSPS) is 26.7. The first-order valence-corrected chi connectivity index (χ1v) is 32.7. The van der Waals surface area contributed by atoms with Gasteiger partial charge in [0.05, 0.1) is 25.9 Å². The molecule has 0 radical (unpaired) electrons. The molecular weight excluding hydrogens is 1170 g/mol. The summed E-state index contributed by atoms with van der Waals surface area (Å²) in [6.07, 6.45) is 3.22. The van der Waals surface area contributed by atoms with Crippen LogP contribution < -0.4 is 21.3 Å². The molecule has 91 heavy (non-hydrogen) atoms. The summed E-state index contributed by atoms with van der Waals surface area (Å²) in [6, 6.07) is -14.3. The van der Waals surface area contributed by atoms with Crippen LogP contribution in [0.25, 0.3) is 0 Å². The molecule has 1 rings (SSSR count). The van der Waals surface area contributed by atoms with Gasteiger partial charge in [0.25, 0.3) is 0 Å². The van der Waals surface area contributed by atoms with Gasteiger partial charge in [-0.2, -0.15) is 0 Å². The number of ether oxygens (including phenoxy) is 1. The molecule has 0 aromatic carbocycles. The van der Waals surface area contributed by atoms with Crippen molar-refractivity contribution in [2.75, 3.05) is 69.2 Å². The van der Waals surface area contributed by atoms with E-state index in [2.05, 4.69) is 21.3 Å². The molecule has 1 saturated heterocycles. The van der Waals surface area contributed by atoms with Gasteiger partial charge in [0.1, 0.15) is 66.5 Å². The maximum absolute atomic E-state index is 15.3. The molecule has 11 amide bonds. The van der Waals surface area contributed by atoms with E-state index in [1.165, 1.54) is 82.8 Å². The minimum Gasteiger partial charge on any atom is -0.394 e. The van der Waals surface area contributed by atoms with Gasteiger partial charge in [-0.25, -0.2) is 0 Å². The molecule has 0 aromatic rings. The second kappa shape index (κ2) is 38.7. The largest absolute Gasteiger partial charge is 0.394 e. The number of carbonyl (C=O) groups is 11. The Balaban J connectivity index is 4.51. The smallest absolute Gasteiger partial charge is 0.248 e. The second-order valence-corrected chi connectivity index (χ2v) is 27.4. The van der Waals surface area contributed by atoms with Gasteiger partial charge in [-0.3, -0.25) is 52.7 Å². The highest BCUT2D eigenvalue weighted by Crippen LogP contribution is 2.26. The van der Waals surface area contributed by atoms with E-state index in [1.807, 2.05) is 55.4 Å². The number of aliphatic hydroxyl groups is 2. The summed E-state index contributed by atoms with van der Waals surface area (Å²) in [4.78, 5) is 171. The van der Waals surface area contributed by atoms with Crippen LogP contribution in [0.3, 0.4) is 0 Å². The van der Waals surface area contributed by atoms with Gasteiger partial charge in [0, 0.05) is 49.3 Å². The first-order valence-electron chi connectivity index (χ1n) is 32.7. The Labute approximate surface area is 544 Å². The van der Waals surface area contributed by atoms with Crippen molar-refractivity contribution >= 4 is 65.0 Å². The summed E-state index contributed by atoms with van der Waals surface area (Å²) in [5.74, 6) is -10.2. The number of nitrogens with zero attached hydrogens (tertiary/aromatic N) is 7. The van der Waals surface area contributed by atoms with Crippen molar-refractivity contribution in [3.63, 3.8) is 0 Å². The number of likely N-dealkylation sites (N-methyl/N-ethyl adjacent to an activating group) is 7. The Morgan fingerprint density at radius 3 is 1.38 bits per heavy atom. The van der Waals surface area contributed by atoms with Crippen molar-refractivity contribution in [1.82, 2.24) is 55.6 Å². The molecule has 0 unspecified atom stereocenters. The fourth-order valence-corrected chi connectivity index (χ4v) is 11.3. The van der Waals surface area contributed by atoms with Crippen LogP contribution in [-0.2, 0) is 57.5 Å². The standard InChI is InChI=1S/C66H119N11O14/c1-25-27-28-43(15)55(79)54-59(83)69-46(26-2)61(85)75(22)51(36-91-32-31-78)64(88)72(19)48(33-38(5)6)58(82)70-52(41(11)12)65(89)71(18)47(30-29-37(3)4)57(81)67-44(16)56(80)68-45(17)60(84)73(20)49(34-39(7)8)62(86)74(21)50(35-40(9)10)63(87)76(23)53(42(13)14)66(90)77(54)24/h25,27,37-55,78-79H,26,28-36H2,1-24H3,(H,67,81)(H,68,80)(H,69,83)(H,70,82)/b27-25+/t43-,44-,45+,46+,47-,48+,49+,50+,51-,52-,53+,54+,55-/m1/s1. The van der Waals surface area contributed by atoms with Gasteiger partial charge in [0.2, 0.25) is 65.0 Å². The fourth-order valence-electron chi connectivity index (χ4n) is 11.3. The molecule has 522 valence electrons. The molecule has 0 bridgehead atoms. The van der Waals surface area contributed by atoms with Gasteiger partial charge < -0.3 is 70.5 Å². The maximum atomic E-state index is 15.3. The van der Waals surface area contributed by atoms with Crippen molar-refractivity contribution in [1.29, 1.82) is 0 Å². The highest BCUT2D eigenvalue weighted by Gasteiger charge is 2.46. The molecule has 0 aliphatic carbocycles. The van der Waals surface area contributed by atoms with Crippen LogP contribution in [0.1, 0.15) is 163 Å². The Bertz CT molecular complexity index is 2460. The summed E-state index contributed by atoms with van der Waals surface area (Å²) >= 11 is 0. The predicted molar refractivity (Wildman–Crippen MR) is 350 cm³/mol. The van der Waals surface area contributed by atoms with Crippen LogP contribution >= 0.6 is 0 Å². The van der Waals surface area contributed by atoms with Gasteiger partial charge >= 0.3 is 0 Å². The molecule has 1 heterocycles. The third kappa shape index (κ3) is 23.7. The van der Waals surface area contributed by atoms with Crippen LogP contribution in [-0.4, -0.2) is 251 Å². The highest BCUT2D eigenvalue weighted by atomic mass is 16.5. The Morgan fingerprint density at radius 1 is 0.473 bits per heavy atom. The molecule has 1 aliphatic heterocycles. The fraction of sp³-hybridized carbons (Fsp3) is 0.803. The lowest BCUT2D eigenvalue weighted by molar-refractivity contribution is -0.157. The summed E-state index contributed by atoms with van der Waals surface area (Å²) in [5, 5.41) is 33.0. The molecule has 6 N–H and O–H groups in total. The van der Waals surface area contributed by atoms with E-state index >= 15 is 24.0 Å². The molecule has 13 atom stereocenters. The highest BCUT2D eigenvalue weighted by molar-refractivity contribution is 6.00. The lowest BCUT2D eigenvalue weighted by atomic mass is 9.91. The zero-order valence-corrected chi connectivity index (χ0v) is 59.6. The number of amides is 11. The summed E-state index contributed by atoms with van der Waals surface area (Å²) in [7, 11) is 9.78. The molecule has 25 nitrogen and oxygen atoms in total. The Morgan fingerprint density at radius 2 is 0.912 bits per heavy atom. The van der Waals surface area contributed by atoms with E-state index in [1.54, 1.807) is 60.6 Å². The second-order valence-electron chi connectivity index (χ2n) is 27.4. The zero-order valence-electron chi connectivity index (χ0n) is 59.6. The first-order chi connectivity index (χ1) is 42.2. The van der Waals surface area contributed by atoms with E-state index in [4.69, 9.17) is 4.74 Å². The van der Waals surface area contributed by atoms with Crippen molar-refractivity contribution in [2.24, 2.45) is 41.4 Å². The molecule has 1 fully saturated rings. The van der Waals surface area contributed by atoms with Crippen molar-refractivity contribution in [3.05, 3.63) is 12.2 Å². The molecule has 25 heteroatoms. The molecule has 0 saturated carbocycles. The minimum absolute atomic E-state index is 0.0560. The quantitative estimate of drug-likeness (QED) is 0.0755. The van der Waals surface area contributed by atoms with Crippen molar-refractivity contribution < 1.29 is 67.7 Å². The van der Waals surface area contributed by atoms with E-state index in [-0.39, 0.29) is 68.8 Å². The number of hydrogen-bond acceptors (Lipinski definition) is 14. The predicted octanol–water partition coefficient (Wildman–Crippen LogP) is 3.04. The van der Waals surface area contributed by atoms with E-state index in [9.17, 15) is 39.0 Å². The maximum Gasteiger partial charge on any atom is 0.248 e. The topological polar surface area (TPSA) is 308 Å². The number of allylic oxidation sites excluding steroid dienone is 2. The lowest BCUT2D eigenvalue weighted by Crippen LogP contribution is -2.64. The summed E-state index contributed by atoms with van der Waals surface area (Å²) < 4.78 is 5.71. The monoisotopic (exact) mass is 1290 g/mol. The molecular formula is C66H119N11O14. The molecule has 0 spiro atoms. The van der Waals surface area contributed by atoms with Crippen LogP contribution in [0.5, 0.6) is 0 Å². The Kier molecular flexibility index (Phi) is 35.2. The summed E-state index contributed by atoms with van der Waals surface area (Å²) in [6.45, 7) is 28.7. The number of nitrogens with one attached hydrogen (secondary N) is 4. The van der Waals surface area contributed by atoms with Gasteiger partial charge in [0.15, 0.2) is 0 Å². The van der Waals surface area contributed by atoms with E-state index in [0.29, 0.717) is 6.42 Å². The van der Waals surface area contributed by atoms with E-state index < -0.39 is 169 Å². The SMILES string of the molecule is C/C=C/C[C@@H](C)[C@@H](O)[C@H]1C(=O)N[C@@H](CC)C(=O)N(C)[C@H](COCCO)C(=O)N(C)[C@@H](CC(C)C)C(=O)N[C@H](C(C)C)C(=O)N(C)[C@H](CCC(C)C)C(=O)N[C@H](C)C(=O)N[C@@H](C)C(=O)N(C)[C@@H](CC(C)C)C(=O)N(C)[C@@H](CC(C)C)C(=O)N(C)[C@@H](C(C)C)C(=O)N1C. The zero-order chi connectivity index (χ0) is 70.4.